The minimum Gasteiger partial charge on any atom is -0.279 e. The fraction of sp³-hybridized carbons (Fsp3) is 0.130. The van der Waals surface area contributed by atoms with Gasteiger partial charge < -0.3 is 0 Å². The molecule has 49 heavy (non-hydrogen) atoms. The van der Waals surface area contributed by atoms with Gasteiger partial charge in [-0.15, -0.1) is 0 Å². The molecule has 9 rings (SSSR count). The van der Waals surface area contributed by atoms with Crippen LogP contribution in [-0.4, -0.2) is 9.97 Å². The minimum atomic E-state index is -0.110. The molecule has 0 radical (unpaired) electrons. The van der Waals surface area contributed by atoms with Gasteiger partial charge in [-0.1, -0.05) is 137 Å². The smallest absolute Gasteiger partial charge is 0.235 e. The van der Waals surface area contributed by atoms with E-state index in [1.165, 1.54) is 44.5 Å². The lowest BCUT2D eigenvalue weighted by Gasteiger charge is -2.25. The number of benzene rings is 6. The molecule has 0 saturated carbocycles. The number of para-hydroxylation sites is 2. The Hall–Kier alpha value is -5.80. The van der Waals surface area contributed by atoms with Gasteiger partial charge in [-0.3, -0.25) is 4.90 Å². The summed E-state index contributed by atoms with van der Waals surface area (Å²) in [5.74, 6) is 0.635. The van der Waals surface area contributed by atoms with E-state index in [1.54, 1.807) is 0 Å². The van der Waals surface area contributed by atoms with E-state index in [0.717, 1.165) is 33.9 Å². The molecule has 0 fully saturated rings. The Morgan fingerprint density at radius 1 is 0.388 bits per heavy atom. The summed E-state index contributed by atoms with van der Waals surface area (Å²) in [7, 11) is 0. The van der Waals surface area contributed by atoms with Gasteiger partial charge in [0.2, 0.25) is 5.95 Å². The summed E-state index contributed by atoms with van der Waals surface area (Å²) < 4.78 is 0. The van der Waals surface area contributed by atoms with Crippen LogP contribution in [0.2, 0.25) is 0 Å². The van der Waals surface area contributed by atoms with E-state index < -0.39 is 0 Å². The Morgan fingerprint density at radius 3 is 1.22 bits per heavy atom. The highest BCUT2D eigenvalue weighted by Gasteiger charge is 2.37. The lowest BCUT2D eigenvalue weighted by atomic mass is 9.81. The number of anilines is 3. The third-order valence-electron chi connectivity index (χ3n) is 10.7. The zero-order chi connectivity index (χ0) is 33.3. The first kappa shape index (κ1) is 29.3. The highest BCUT2D eigenvalue weighted by molar-refractivity contribution is 5.86. The Labute approximate surface area is 288 Å². The molecule has 3 heteroatoms. The van der Waals surface area contributed by atoms with Crippen LogP contribution >= 0.6 is 0 Å². The fourth-order valence-electron chi connectivity index (χ4n) is 8.09. The molecule has 0 unspecified atom stereocenters. The summed E-state index contributed by atoms with van der Waals surface area (Å²) in [5.41, 5.74) is 16.4. The van der Waals surface area contributed by atoms with Crippen LogP contribution in [0.3, 0.4) is 0 Å². The molecule has 2 aliphatic carbocycles. The van der Waals surface area contributed by atoms with E-state index in [9.17, 15) is 0 Å². The molecule has 0 aliphatic heterocycles. The predicted octanol–water partition coefficient (Wildman–Crippen LogP) is 11.9. The van der Waals surface area contributed by atoms with Gasteiger partial charge >= 0.3 is 0 Å². The van der Waals surface area contributed by atoms with Crippen molar-refractivity contribution >= 4 is 17.3 Å². The van der Waals surface area contributed by atoms with Crippen LogP contribution in [0.25, 0.3) is 44.8 Å². The van der Waals surface area contributed by atoms with Crippen molar-refractivity contribution in [2.45, 2.75) is 38.5 Å². The van der Waals surface area contributed by atoms with Gasteiger partial charge in [-0.25, -0.2) is 9.97 Å². The first-order valence-corrected chi connectivity index (χ1v) is 17.1. The number of rotatable bonds is 5. The molecular formula is C46H37N3. The van der Waals surface area contributed by atoms with Gasteiger partial charge in [0.1, 0.15) is 0 Å². The van der Waals surface area contributed by atoms with Crippen LogP contribution in [0.15, 0.2) is 152 Å². The van der Waals surface area contributed by atoms with E-state index >= 15 is 0 Å². The summed E-state index contributed by atoms with van der Waals surface area (Å²) in [6.45, 7) is 9.31. The maximum Gasteiger partial charge on any atom is 0.235 e. The molecule has 0 N–H and O–H groups in total. The van der Waals surface area contributed by atoms with E-state index in [2.05, 4.69) is 172 Å². The average Bonchev–Trinajstić information content (AvgIpc) is 3.51. The normalized spacial score (nSPS) is 14.4. The lowest BCUT2D eigenvalue weighted by molar-refractivity contribution is 0.660. The quantitative estimate of drug-likeness (QED) is 0.189. The highest BCUT2D eigenvalue weighted by atomic mass is 15.3. The van der Waals surface area contributed by atoms with Crippen LogP contribution in [-0.2, 0) is 10.8 Å². The lowest BCUT2D eigenvalue weighted by Crippen LogP contribution is -2.16. The molecule has 1 aromatic heterocycles. The van der Waals surface area contributed by atoms with E-state index in [-0.39, 0.29) is 10.8 Å². The number of nitrogens with zero attached hydrogens (tertiary/aromatic N) is 3. The Balaban J connectivity index is 1.26. The average molecular weight is 632 g/mol. The third kappa shape index (κ3) is 4.57. The Morgan fingerprint density at radius 2 is 0.776 bits per heavy atom. The number of fused-ring (bicyclic) bond motifs is 6. The first-order valence-electron chi connectivity index (χ1n) is 17.1. The first-order chi connectivity index (χ1) is 23.8. The SMILES string of the molecule is CC1(C)c2ccccc2-c2ccc(-c3cc(-c4ccc5c(c4)C(C)(C)c4ccccc4-5)nc(N(c4ccccc4)c4ccccc4)n3)cc21. The Bertz CT molecular complexity index is 2220. The Kier molecular flexibility index (Phi) is 6.51. The molecular weight excluding hydrogens is 595 g/mol. The zero-order valence-electron chi connectivity index (χ0n) is 28.3. The maximum absolute atomic E-state index is 5.35. The van der Waals surface area contributed by atoms with E-state index in [0.29, 0.717) is 5.95 Å². The van der Waals surface area contributed by atoms with Crippen LogP contribution in [0, 0.1) is 0 Å². The zero-order valence-corrected chi connectivity index (χ0v) is 28.3. The van der Waals surface area contributed by atoms with Crippen molar-refractivity contribution < 1.29 is 0 Å². The molecule has 6 aromatic carbocycles. The molecule has 0 atom stereocenters. The third-order valence-corrected chi connectivity index (χ3v) is 10.7. The van der Waals surface area contributed by atoms with Crippen LogP contribution < -0.4 is 4.90 Å². The van der Waals surface area contributed by atoms with Crippen LogP contribution in [0.4, 0.5) is 17.3 Å². The van der Waals surface area contributed by atoms with Crippen LogP contribution in [0.5, 0.6) is 0 Å². The van der Waals surface area contributed by atoms with Gasteiger partial charge in [-0.05, 0) is 87.0 Å². The molecule has 2 aliphatic rings. The van der Waals surface area contributed by atoms with Gasteiger partial charge in [0.25, 0.3) is 0 Å². The molecule has 7 aromatic rings. The van der Waals surface area contributed by atoms with Crippen molar-refractivity contribution in [1.82, 2.24) is 9.97 Å². The minimum absolute atomic E-state index is 0.110. The molecule has 236 valence electrons. The summed E-state index contributed by atoms with van der Waals surface area (Å²) in [6, 6.07) is 54.3. The van der Waals surface area contributed by atoms with Gasteiger partial charge in [-0.2, -0.15) is 0 Å². The summed E-state index contributed by atoms with van der Waals surface area (Å²) in [4.78, 5) is 12.9. The second-order valence-corrected chi connectivity index (χ2v) is 14.3. The van der Waals surface area contributed by atoms with E-state index in [1.807, 2.05) is 12.1 Å². The number of hydrogen-bond acceptors (Lipinski definition) is 3. The predicted molar refractivity (Wildman–Crippen MR) is 203 cm³/mol. The molecule has 0 amide bonds. The van der Waals surface area contributed by atoms with E-state index in [4.69, 9.17) is 9.97 Å². The van der Waals surface area contributed by atoms with Crippen molar-refractivity contribution in [3.63, 3.8) is 0 Å². The maximum atomic E-state index is 5.35. The van der Waals surface area contributed by atoms with Crippen molar-refractivity contribution in [3.05, 3.63) is 174 Å². The number of aromatic nitrogens is 2. The number of hydrogen-bond donors (Lipinski definition) is 0. The fourth-order valence-corrected chi connectivity index (χ4v) is 8.09. The largest absolute Gasteiger partial charge is 0.279 e. The van der Waals surface area contributed by atoms with Gasteiger partial charge in [0.15, 0.2) is 0 Å². The summed E-state index contributed by atoms with van der Waals surface area (Å²) in [5, 5.41) is 0. The van der Waals surface area contributed by atoms with Crippen LogP contribution in [0.1, 0.15) is 49.9 Å². The monoisotopic (exact) mass is 631 g/mol. The molecule has 1 heterocycles. The second-order valence-electron chi connectivity index (χ2n) is 14.3. The molecule has 0 bridgehead atoms. The highest BCUT2D eigenvalue weighted by Crippen LogP contribution is 2.51. The van der Waals surface area contributed by atoms with Crippen molar-refractivity contribution in [3.8, 4) is 44.8 Å². The van der Waals surface area contributed by atoms with Gasteiger partial charge in [0, 0.05) is 33.3 Å². The van der Waals surface area contributed by atoms with Crippen molar-refractivity contribution in [1.29, 1.82) is 0 Å². The van der Waals surface area contributed by atoms with Crippen molar-refractivity contribution in [2.24, 2.45) is 0 Å². The molecule has 0 spiro atoms. The molecule has 3 nitrogen and oxygen atoms in total. The topological polar surface area (TPSA) is 29.0 Å². The van der Waals surface area contributed by atoms with Crippen molar-refractivity contribution in [2.75, 3.05) is 4.90 Å². The summed E-state index contributed by atoms with van der Waals surface area (Å²) in [6.07, 6.45) is 0. The molecule has 0 saturated heterocycles. The summed E-state index contributed by atoms with van der Waals surface area (Å²) >= 11 is 0. The van der Waals surface area contributed by atoms with Gasteiger partial charge in [0.05, 0.1) is 11.4 Å². The second kappa shape index (κ2) is 10.9. The standard InChI is InChI=1S/C46H37N3/c1-45(2)38-21-13-11-19-34(38)36-25-23-30(27-40(36)45)42-29-43(31-24-26-37-35-20-12-14-22-39(35)46(3,4)41(37)28-31)48-44(47-42)49(32-15-7-5-8-16-32)33-17-9-6-10-18-33/h5-29H,1-4H3.